The fourth-order valence-corrected chi connectivity index (χ4v) is 4.21. The zero-order valence-corrected chi connectivity index (χ0v) is 17.7. The molecule has 0 radical (unpaired) electrons. The minimum atomic E-state index is -0.134. The second-order valence-electron chi connectivity index (χ2n) is 8.37. The van der Waals surface area contributed by atoms with E-state index >= 15 is 0 Å². The third-order valence-corrected chi connectivity index (χ3v) is 5.89. The highest BCUT2D eigenvalue weighted by Crippen LogP contribution is 2.28. The molecule has 1 aliphatic carbocycles. The molecule has 0 aliphatic heterocycles. The zero-order valence-electron chi connectivity index (χ0n) is 17.7. The van der Waals surface area contributed by atoms with E-state index in [-0.39, 0.29) is 5.82 Å². The number of nitrogens with one attached hydrogen (secondary N) is 2. The van der Waals surface area contributed by atoms with Crippen molar-refractivity contribution in [2.75, 3.05) is 30.9 Å². The molecule has 0 amide bonds. The predicted molar refractivity (Wildman–Crippen MR) is 121 cm³/mol. The van der Waals surface area contributed by atoms with Gasteiger partial charge in [-0.25, -0.2) is 9.37 Å². The molecule has 0 saturated heterocycles. The molecule has 1 aromatic heterocycles. The second kappa shape index (κ2) is 9.39. The Morgan fingerprint density at radius 1 is 0.967 bits per heavy atom. The predicted octanol–water partition coefficient (Wildman–Crippen LogP) is 4.60. The lowest BCUT2D eigenvalue weighted by Gasteiger charge is -2.29. The van der Waals surface area contributed by atoms with Gasteiger partial charge >= 0.3 is 0 Å². The van der Waals surface area contributed by atoms with Gasteiger partial charge in [0, 0.05) is 37.6 Å². The molecule has 6 heteroatoms. The van der Waals surface area contributed by atoms with Crippen LogP contribution >= 0.6 is 0 Å². The summed E-state index contributed by atoms with van der Waals surface area (Å²) in [7, 11) is 4.02. The zero-order chi connectivity index (χ0) is 20.9. The van der Waals surface area contributed by atoms with Crippen molar-refractivity contribution in [2.45, 2.75) is 38.3 Å². The van der Waals surface area contributed by atoms with Crippen LogP contribution in [0.5, 0.6) is 0 Å². The number of halogens is 1. The molecule has 1 heterocycles. The number of nitrogens with zero attached hydrogens (tertiary/aromatic N) is 3. The van der Waals surface area contributed by atoms with Crippen LogP contribution in [0.15, 0.2) is 48.5 Å². The van der Waals surface area contributed by atoms with E-state index in [0.29, 0.717) is 24.5 Å². The maximum Gasteiger partial charge on any atom is 0.225 e. The Hall–Kier alpha value is -2.73. The number of para-hydroxylation sites is 1. The normalized spacial score (nSPS) is 19.0. The first-order chi connectivity index (χ1) is 14.6. The Labute approximate surface area is 177 Å². The van der Waals surface area contributed by atoms with Crippen molar-refractivity contribution in [2.24, 2.45) is 5.92 Å². The summed E-state index contributed by atoms with van der Waals surface area (Å²) in [4.78, 5) is 11.5. The molecular formula is C24H30FN5. The van der Waals surface area contributed by atoms with E-state index in [4.69, 9.17) is 9.97 Å². The molecule has 158 valence electrons. The van der Waals surface area contributed by atoms with Gasteiger partial charge in [0.05, 0.1) is 5.52 Å². The van der Waals surface area contributed by atoms with E-state index in [2.05, 4.69) is 16.7 Å². The Morgan fingerprint density at radius 3 is 2.47 bits per heavy atom. The fourth-order valence-electron chi connectivity index (χ4n) is 4.21. The molecule has 1 fully saturated rings. The van der Waals surface area contributed by atoms with Crippen molar-refractivity contribution in [3.63, 3.8) is 0 Å². The van der Waals surface area contributed by atoms with Gasteiger partial charge in [0.15, 0.2) is 0 Å². The minimum absolute atomic E-state index is 0.134. The number of hydrogen-bond acceptors (Lipinski definition) is 5. The van der Waals surface area contributed by atoms with Crippen molar-refractivity contribution in [3.8, 4) is 0 Å². The summed E-state index contributed by atoms with van der Waals surface area (Å²) in [5, 5.41) is 8.05. The molecule has 0 unspecified atom stereocenters. The van der Waals surface area contributed by atoms with Crippen LogP contribution < -0.4 is 15.5 Å². The van der Waals surface area contributed by atoms with Crippen molar-refractivity contribution in [3.05, 3.63) is 59.9 Å². The van der Waals surface area contributed by atoms with Crippen molar-refractivity contribution in [1.29, 1.82) is 0 Å². The average molecular weight is 408 g/mol. The molecule has 2 aromatic carbocycles. The first-order valence-electron chi connectivity index (χ1n) is 10.7. The lowest BCUT2D eigenvalue weighted by Crippen LogP contribution is -2.31. The van der Waals surface area contributed by atoms with Crippen LogP contribution in [0.3, 0.4) is 0 Å². The van der Waals surface area contributed by atoms with Gasteiger partial charge in [0.2, 0.25) is 5.95 Å². The molecule has 0 spiro atoms. The summed E-state index contributed by atoms with van der Waals surface area (Å²) in [5.74, 6) is 2.14. The monoisotopic (exact) mass is 407 g/mol. The van der Waals surface area contributed by atoms with Crippen LogP contribution in [0.1, 0.15) is 31.2 Å². The fraction of sp³-hybridized carbons (Fsp3) is 0.417. The van der Waals surface area contributed by atoms with Crippen molar-refractivity contribution >= 4 is 22.7 Å². The molecule has 5 nitrogen and oxygen atoms in total. The van der Waals surface area contributed by atoms with Gasteiger partial charge < -0.3 is 15.5 Å². The number of aromatic nitrogens is 2. The quantitative estimate of drug-likeness (QED) is 0.600. The van der Waals surface area contributed by atoms with E-state index in [1.54, 1.807) is 6.07 Å². The minimum Gasteiger partial charge on any atom is -0.362 e. The third kappa shape index (κ3) is 4.87. The lowest BCUT2D eigenvalue weighted by molar-refractivity contribution is 0.323. The Kier molecular flexibility index (Phi) is 6.43. The van der Waals surface area contributed by atoms with E-state index in [1.165, 1.54) is 6.07 Å². The Morgan fingerprint density at radius 2 is 1.70 bits per heavy atom. The van der Waals surface area contributed by atoms with E-state index in [9.17, 15) is 4.39 Å². The van der Waals surface area contributed by atoms with Crippen LogP contribution in [0.25, 0.3) is 10.9 Å². The average Bonchev–Trinajstić information content (AvgIpc) is 2.75. The molecular weight excluding hydrogens is 377 g/mol. The Bertz CT molecular complexity index is 982. The van der Waals surface area contributed by atoms with Crippen molar-refractivity contribution < 1.29 is 4.39 Å². The molecule has 1 saturated carbocycles. The van der Waals surface area contributed by atoms with E-state index in [1.807, 2.05) is 49.3 Å². The van der Waals surface area contributed by atoms with Crippen LogP contribution in [0.2, 0.25) is 0 Å². The van der Waals surface area contributed by atoms with Crippen LogP contribution in [-0.2, 0) is 6.54 Å². The van der Waals surface area contributed by atoms with Crippen LogP contribution in [0, 0.1) is 11.7 Å². The van der Waals surface area contributed by atoms with Gasteiger partial charge in [-0.3, -0.25) is 0 Å². The van der Waals surface area contributed by atoms with Gasteiger partial charge in [-0.15, -0.1) is 0 Å². The second-order valence-corrected chi connectivity index (χ2v) is 8.37. The SMILES string of the molecule is CN(C)c1nc(NC2CCC(CNCc3ccccc3F)CC2)nc2ccccc12. The van der Waals surface area contributed by atoms with Gasteiger partial charge in [0.25, 0.3) is 0 Å². The number of benzene rings is 2. The number of anilines is 2. The summed E-state index contributed by atoms with van der Waals surface area (Å²) < 4.78 is 13.7. The first kappa shape index (κ1) is 20.5. The van der Waals surface area contributed by atoms with Gasteiger partial charge in [-0.05, 0) is 56.3 Å². The van der Waals surface area contributed by atoms with E-state index < -0.39 is 0 Å². The Balaban J connectivity index is 1.30. The number of fused-ring (bicyclic) bond motifs is 1. The highest BCUT2D eigenvalue weighted by molar-refractivity contribution is 5.90. The standard InChI is InChI=1S/C24H30FN5/c1-30(2)23-20-8-4-6-10-22(20)28-24(29-23)27-19-13-11-17(12-14-19)15-26-16-18-7-3-5-9-21(18)25/h3-10,17,19,26H,11-16H2,1-2H3,(H,27,28,29). The molecule has 4 rings (SSSR count). The molecule has 2 N–H and O–H groups in total. The molecule has 30 heavy (non-hydrogen) atoms. The summed E-state index contributed by atoms with van der Waals surface area (Å²) >= 11 is 0. The highest BCUT2D eigenvalue weighted by Gasteiger charge is 2.22. The summed E-state index contributed by atoms with van der Waals surface area (Å²) in [6.07, 6.45) is 4.49. The van der Waals surface area contributed by atoms with Gasteiger partial charge in [-0.1, -0.05) is 30.3 Å². The molecule has 1 aliphatic rings. The molecule has 3 aromatic rings. The highest BCUT2D eigenvalue weighted by atomic mass is 19.1. The van der Waals surface area contributed by atoms with E-state index in [0.717, 1.165) is 54.5 Å². The van der Waals surface area contributed by atoms with Gasteiger partial charge in [0.1, 0.15) is 11.6 Å². The summed E-state index contributed by atoms with van der Waals surface area (Å²) in [6, 6.07) is 15.5. The first-order valence-corrected chi connectivity index (χ1v) is 10.7. The maximum atomic E-state index is 13.7. The summed E-state index contributed by atoms with van der Waals surface area (Å²) in [6.45, 7) is 1.52. The third-order valence-electron chi connectivity index (χ3n) is 5.89. The lowest BCUT2D eigenvalue weighted by atomic mass is 9.86. The topological polar surface area (TPSA) is 53.1 Å². The number of hydrogen-bond donors (Lipinski definition) is 2. The van der Waals surface area contributed by atoms with Crippen LogP contribution in [-0.4, -0.2) is 36.6 Å². The van der Waals surface area contributed by atoms with Gasteiger partial charge in [-0.2, -0.15) is 4.98 Å². The largest absolute Gasteiger partial charge is 0.362 e. The summed E-state index contributed by atoms with van der Waals surface area (Å²) in [5.41, 5.74) is 1.70. The van der Waals surface area contributed by atoms with Crippen LogP contribution in [0.4, 0.5) is 16.2 Å². The van der Waals surface area contributed by atoms with Crippen molar-refractivity contribution in [1.82, 2.24) is 15.3 Å². The maximum absolute atomic E-state index is 13.7. The molecule has 0 atom stereocenters. The molecule has 0 bridgehead atoms. The smallest absolute Gasteiger partial charge is 0.225 e. The number of rotatable bonds is 7.